The molecule has 0 spiro atoms. The molecule has 70 valence electrons. The number of hydrogen-bond acceptors (Lipinski definition) is 4. The third kappa shape index (κ3) is 1.37. The maximum atomic E-state index is 9.31. The van der Waals surface area contributed by atoms with Gasteiger partial charge in [-0.05, 0) is 0 Å². The fraction of sp³-hybridized carbons (Fsp3) is 1.00. The summed E-state index contributed by atoms with van der Waals surface area (Å²) in [6.45, 7) is 4.68. The average Bonchev–Trinajstić information content (AvgIpc) is 2.05. The smallest absolute Gasteiger partial charge is 0.0631 e. The van der Waals surface area contributed by atoms with E-state index >= 15 is 0 Å². The number of rotatable bonds is 2. The number of aliphatic hydroxyl groups excluding tert-OH is 1. The van der Waals surface area contributed by atoms with Crippen molar-refractivity contribution < 1.29 is 5.11 Å². The molecule has 2 heterocycles. The summed E-state index contributed by atoms with van der Waals surface area (Å²) >= 11 is 1.94. The number of piperazine rings is 1. The van der Waals surface area contributed by atoms with Crippen LogP contribution in [-0.4, -0.2) is 59.8 Å². The van der Waals surface area contributed by atoms with Gasteiger partial charge in [0.25, 0.3) is 0 Å². The van der Waals surface area contributed by atoms with E-state index in [1.54, 1.807) is 0 Å². The zero-order chi connectivity index (χ0) is 8.44. The van der Waals surface area contributed by atoms with E-state index in [1.807, 2.05) is 11.8 Å². The third-order valence-corrected chi connectivity index (χ3v) is 4.31. The van der Waals surface area contributed by atoms with Gasteiger partial charge in [0.15, 0.2) is 0 Å². The molecular formula is C8H16N2OS. The van der Waals surface area contributed by atoms with Crippen LogP contribution in [0.25, 0.3) is 0 Å². The van der Waals surface area contributed by atoms with E-state index in [2.05, 4.69) is 10.2 Å². The minimum absolute atomic E-state index is 0.146. The number of nitrogens with zero attached hydrogens (tertiary/aromatic N) is 1. The van der Waals surface area contributed by atoms with Crippen LogP contribution in [0.3, 0.4) is 0 Å². The zero-order valence-electron chi connectivity index (χ0n) is 7.25. The lowest BCUT2D eigenvalue weighted by atomic mass is 10.0. The zero-order valence-corrected chi connectivity index (χ0v) is 8.07. The normalized spacial score (nSPS) is 29.8. The maximum Gasteiger partial charge on any atom is 0.0631 e. The molecule has 2 aliphatic rings. The van der Waals surface area contributed by atoms with E-state index in [0.29, 0.717) is 6.61 Å². The minimum Gasteiger partial charge on any atom is -0.394 e. The first-order valence-electron chi connectivity index (χ1n) is 4.52. The van der Waals surface area contributed by atoms with Gasteiger partial charge in [-0.2, -0.15) is 11.8 Å². The van der Waals surface area contributed by atoms with Crippen LogP contribution in [0.2, 0.25) is 0 Å². The highest BCUT2D eigenvalue weighted by molar-refractivity contribution is 8.00. The third-order valence-electron chi connectivity index (χ3n) is 2.82. The van der Waals surface area contributed by atoms with E-state index in [4.69, 9.17) is 0 Å². The topological polar surface area (TPSA) is 35.5 Å². The van der Waals surface area contributed by atoms with Gasteiger partial charge in [-0.25, -0.2) is 0 Å². The standard InChI is InChI=1S/C8H16N2OS/c11-5-8(6-12-7-8)10-3-1-9-2-4-10/h9,11H,1-7H2. The Labute approximate surface area is 77.5 Å². The highest BCUT2D eigenvalue weighted by Gasteiger charge is 2.42. The Morgan fingerprint density at radius 1 is 1.33 bits per heavy atom. The summed E-state index contributed by atoms with van der Waals surface area (Å²) in [6, 6.07) is 0. The molecule has 4 heteroatoms. The Bertz CT molecular complexity index is 150. The molecule has 12 heavy (non-hydrogen) atoms. The molecule has 3 nitrogen and oxygen atoms in total. The molecule has 0 aromatic carbocycles. The first kappa shape index (κ1) is 8.81. The van der Waals surface area contributed by atoms with Crippen molar-refractivity contribution in [3.63, 3.8) is 0 Å². The quantitative estimate of drug-likeness (QED) is 0.605. The lowest BCUT2D eigenvalue weighted by molar-refractivity contribution is 0.0467. The fourth-order valence-electron chi connectivity index (χ4n) is 1.85. The molecule has 0 aromatic rings. The first-order chi connectivity index (χ1) is 5.87. The second kappa shape index (κ2) is 3.54. The van der Waals surface area contributed by atoms with Gasteiger partial charge in [0, 0.05) is 37.7 Å². The summed E-state index contributed by atoms with van der Waals surface area (Å²) < 4.78 is 0. The van der Waals surface area contributed by atoms with Crippen molar-refractivity contribution in [3.8, 4) is 0 Å². The largest absolute Gasteiger partial charge is 0.394 e. The second-order valence-electron chi connectivity index (χ2n) is 3.61. The van der Waals surface area contributed by atoms with Gasteiger partial charge in [0.1, 0.15) is 0 Å². The first-order valence-corrected chi connectivity index (χ1v) is 5.67. The molecule has 0 aromatic heterocycles. The van der Waals surface area contributed by atoms with Gasteiger partial charge in [0.2, 0.25) is 0 Å². The fourth-order valence-corrected chi connectivity index (χ4v) is 3.07. The predicted molar refractivity (Wildman–Crippen MR) is 51.6 cm³/mol. The van der Waals surface area contributed by atoms with Crippen molar-refractivity contribution in [1.29, 1.82) is 0 Å². The number of nitrogens with one attached hydrogen (secondary N) is 1. The van der Waals surface area contributed by atoms with Crippen LogP contribution in [0.5, 0.6) is 0 Å². The van der Waals surface area contributed by atoms with E-state index in [9.17, 15) is 5.11 Å². The van der Waals surface area contributed by atoms with Gasteiger partial charge < -0.3 is 10.4 Å². The molecule has 2 rings (SSSR count). The SMILES string of the molecule is OCC1(N2CCNCC2)CSC1. The van der Waals surface area contributed by atoms with Crippen molar-refractivity contribution in [2.75, 3.05) is 44.3 Å². The minimum atomic E-state index is 0.146. The lowest BCUT2D eigenvalue weighted by Gasteiger charge is -2.50. The molecule has 0 aliphatic carbocycles. The van der Waals surface area contributed by atoms with Crippen LogP contribution in [0, 0.1) is 0 Å². The van der Waals surface area contributed by atoms with Crippen molar-refractivity contribution in [1.82, 2.24) is 10.2 Å². The molecule has 2 fully saturated rings. The van der Waals surface area contributed by atoms with E-state index in [1.165, 1.54) is 0 Å². The molecule has 0 unspecified atom stereocenters. The Balaban J connectivity index is 1.95. The Kier molecular flexibility index (Phi) is 2.60. The molecule has 0 radical (unpaired) electrons. The van der Waals surface area contributed by atoms with Crippen molar-refractivity contribution in [2.45, 2.75) is 5.54 Å². The van der Waals surface area contributed by atoms with Gasteiger partial charge in [-0.15, -0.1) is 0 Å². The summed E-state index contributed by atoms with van der Waals surface area (Å²) in [4.78, 5) is 2.44. The molecule has 0 atom stereocenters. The summed E-state index contributed by atoms with van der Waals surface area (Å²) in [7, 11) is 0. The molecular weight excluding hydrogens is 172 g/mol. The monoisotopic (exact) mass is 188 g/mol. The van der Waals surface area contributed by atoms with Gasteiger partial charge >= 0.3 is 0 Å². The number of hydrogen-bond donors (Lipinski definition) is 2. The molecule has 2 N–H and O–H groups in total. The molecule has 0 bridgehead atoms. The average molecular weight is 188 g/mol. The van der Waals surface area contributed by atoms with Crippen LogP contribution in [0.4, 0.5) is 0 Å². The van der Waals surface area contributed by atoms with E-state index in [-0.39, 0.29) is 5.54 Å². The van der Waals surface area contributed by atoms with Crippen LogP contribution in [0.1, 0.15) is 0 Å². The lowest BCUT2D eigenvalue weighted by Crippen LogP contribution is -2.64. The second-order valence-corrected chi connectivity index (χ2v) is 4.60. The molecule has 0 saturated carbocycles. The number of aliphatic hydroxyl groups is 1. The van der Waals surface area contributed by atoms with Gasteiger partial charge in [-0.3, -0.25) is 4.90 Å². The molecule has 0 amide bonds. The Morgan fingerprint density at radius 3 is 2.42 bits per heavy atom. The summed E-state index contributed by atoms with van der Waals surface area (Å²) in [5.74, 6) is 2.23. The summed E-state index contributed by atoms with van der Waals surface area (Å²) in [6.07, 6.45) is 0. The Morgan fingerprint density at radius 2 is 2.00 bits per heavy atom. The van der Waals surface area contributed by atoms with Crippen LogP contribution in [0.15, 0.2) is 0 Å². The van der Waals surface area contributed by atoms with Crippen LogP contribution >= 0.6 is 11.8 Å². The number of thioether (sulfide) groups is 1. The molecule has 2 aliphatic heterocycles. The summed E-state index contributed by atoms with van der Waals surface area (Å²) in [5, 5.41) is 12.6. The van der Waals surface area contributed by atoms with Crippen molar-refractivity contribution >= 4 is 11.8 Å². The van der Waals surface area contributed by atoms with E-state index < -0.39 is 0 Å². The highest BCUT2D eigenvalue weighted by atomic mass is 32.2. The van der Waals surface area contributed by atoms with Crippen molar-refractivity contribution in [3.05, 3.63) is 0 Å². The van der Waals surface area contributed by atoms with Gasteiger partial charge in [0.05, 0.1) is 12.1 Å². The van der Waals surface area contributed by atoms with Crippen LogP contribution < -0.4 is 5.32 Å². The van der Waals surface area contributed by atoms with Crippen molar-refractivity contribution in [2.24, 2.45) is 0 Å². The van der Waals surface area contributed by atoms with E-state index in [0.717, 1.165) is 37.7 Å². The Hall–Kier alpha value is 0.230. The predicted octanol–water partition coefficient (Wildman–Crippen LogP) is -0.630. The van der Waals surface area contributed by atoms with Gasteiger partial charge in [-0.1, -0.05) is 0 Å². The maximum absolute atomic E-state index is 9.31. The molecule has 2 saturated heterocycles. The van der Waals surface area contributed by atoms with Crippen LogP contribution in [-0.2, 0) is 0 Å². The highest BCUT2D eigenvalue weighted by Crippen LogP contribution is 2.34. The summed E-state index contributed by atoms with van der Waals surface area (Å²) in [5.41, 5.74) is 0.146.